The predicted octanol–water partition coefficient (Wildman–Crippen LogP) is 2.13. The number of anilines is 1. The lowest BCUT2D eigenvalue weighted by Gasteiger charge is -2.09. The van der Waals surface area contributed by atoms with Crippen LogP contribution in [0, 0.1) is 0 Å². The maximum Gasteiger partial charge on any atom is 0.223 e. The summed E-state index contributed by atoms with van der Waals surface area (Å²) in [4.78, 5) is 10.9. The minimum absolute atomic E-state index is 0.155. The summed E-state index contributed by atoms with van der Waals surface area (Å²) in [6.07, 6.45) is 0.620. The highest BCUT2D eigenvalue weighted by Crippen LogP contribution is 2.26. The van der Waals surface area contributed by atoms with Gasteiger partial charge in [0.25, 0.3) is 0 Å². The average molecular weight is 293 g/mol. The smallest absolute Gasteiger partial charge is 0.223 e. The first-order chi connectivity index (χ1) is 9.69. The van der Waals surface area contributed by atoms with Crippen molar-refractivity contribution in [2.24, 2.45) is 0 Å². The minimum atomic E-state index is -0.155. The van der Waals surface area contributed by atoms with Gasteiger partial charge in [0.2, 0.25) is 11.0 Å². The number of hydrogen-bond acceptors (Lipinski definition) is 6. The number of carbonyl (C=O) groups excluding carboxylic acids is 1. The number of carbonyl (C=O) groups is 1. The number of nitrogens with one attached hydrogen (secondary N) is 1. The zero-order valence-electron chi connectivity index (χ0n) is 11.3. The lowest BCUT2D eigenvalue weighted by Crippen LogP contribution is -2.04. The lowest BCUT2D eigenvalue weighted by atomic mass is 10.3. The van der Waals surface area contributed by atoms with E-state index in [0.717, 1.165) is 5.01 Å². The maximum atomic E-state index is 10.9. The summed E-state index contributed by atoms with van der Waals surface area (Å²) in [6, 6.07) is 7.46. The average Bonchev–Trinajstić information content (AvgIpc) is 2.86. The first-order valence-corrected chi connectivity index (χ1v) is 6.86. The molecule has 106 valence electrons. The summed E-state index contributed by atoms with van der Waals surface area (Å²) >= 11 is 1.34. The van der Waals surface area contributed by atoms with Crippen molar-refractivity contribution in [3.8, 4) is 11.5 Å². The Morgan fingerprint density at radius 3 is 2.75 bits per heavy atom. The fourth-order valence-corrected chi connectivity index (χ4v) is 2.31. The molecule has 0 fully saturated rings. The van der Waals surface area contributed by atoms with Gasteiger partial charge < -0.3 is 14.8 Å². The van der Waals surface area contributed by atoms with Crippen LogP contribution < -0.4 is 14.8 Å². The molecule has 1 N–H and O–H groups in total. The summed E-state index contributed by atoms with van der Waals surface area (Å²) in [6.45, 7) is 1.90. The van der Waals surface area contributed by atoms with E-state index in [1.54, 1.807) is 7.11 Å². The van der Waals surface area contributed by atoms with Crippen LogP contribution in [0.15, 0.2) is 24.3 Å². The molecular formula is C13H15N3O3S. The van der Waals surface area contributed by atoms with Gasteiger partial charge in [-0.25, -0.2) is 0 Å². The van der Waals surface area contributed by atoms with Gasteiger partial charge in [-0.1, -0.05) is 23.5 Å². The molecule has 0 aliphatic rings. The molecule has 7 heteroatoms. The number of ether oxygens (including phenoxy) is 2. The zero-order chi connectivity index (χ0) is 14.4. The molecular weight excluding hydrogens is 278 g/mol. The van der Waals surface area contributed by atoms with Crippen molar-refractivity contribution in [1.82, 2.24) is 10.2 Å². The fraction of sp³-hybridized carbons (Fsp3) is 0.308. The Labute approximate surface area is 120 Å². The Kier molecular flexibility index (Phi) is 4.89. The van der Waals surface area contributed by atoms with Gasteiger partial charge >= 0.3 is 0 Å². The summed E-state index contributed by atoms with van der Waals surface area (Å²) < 4.78 is 10.8. The van der Waals surface area contributed by atoms with E-state index in [9.17, 15) is 4.79 Å². The number of methoxy groups -OCH3 is 1. The van der Waals surface area contributed by atoms with Crippen LogP contribution in [0.5, 0.6) is 11.5 Å². The standard InChI is InChI=1S/C13H15N3O3S/c1-9(17)14-13-16-15-12(20-13)7-8-19-11-6-4-3-5-10(11)18-2/h3-6H,7-8H2,1-2H3,(H,14,16,17). The Bertz CT molecular complexity index is 586. The molecule has 0 saturated carbocycles. The molecule has 0 aliphatic heterocycles. The largest absolute Gasteiger partial charge is 0.493 e. The van der Waals surface area contributed by atoms with Gasteiger partial charge in [0.15, 0.2) is 11.5 Å². The predicted molar refractivity (Wildman–Crippen MR) is 76.4 cm³/mol. The van der Waals surface area contributed by atoms with Crippen molar-refractivity contribution in [2.75, 3.05) is 19.0 Å². The van der Waals surface area contributed by atoms with Gasteiger partial charge in [0.1, 0.15) is 5.01 Å². The zero-order valence-corrected chi connectivity index (χ0v) is 12.1. The first kappa shape index (κ1) is 14.3. The van der Waals surface area contributed by atoms with Crippen molar-refractivity contribution in [2.45, 2.75) is 13.3 Å². The van der Waals surface area contributed by atoms with Gasteiger partial charge in [-0.3, -0.25) is 4.79 Å². The van der Waals surface area contributed by atoms with Crippen molar-refractivity contribution in [3.63, 3.8) is 0 Å². The molecule has 2 aromatic rings. The monoisotopic (exact) mass is 293 g/mol. The van der Waals surface area contributed by atoms with Gasteiger partial charge in [-0.15, -0.1) is 10.2 Å². The Balaban J connectivity index is 1.86. The maximum absolute atomic E-state index is 10.9. The highest BCUT2D eigenvalue weighted by Gasteiger charge is 2.07. The molecule has 1 amide bonds. The molecule has 2 rings (SSSR count). The lowest BCUT2D eigenvalue weighted by molar-refractivity contribution is -0.114. The topological polar surface area (TPSA) is 73.3 Å². The molecule has 0 radical (unpaired) electrons. The van der Waals surface area contributed by atoms with Crippen LogP contribution >= 0.6 is 11.3 Å². The van der Waals surface area contributed by atoms with Crippen molar-refractivity contribution < 1.29 is 14.3 Å². The van der Waals surface area contributed by atoms with E-state index in [0.29, 0.717) is 29.7 Å². The minimum Gasteiger partial charge on any atom is -0.493 e. The molecule has 20 heavy (non-hydrogen) atoms. The van der Waals surface area contributed by atoms with Gasteiger partial charge in [-0.2, -0.15) is 0 Å². The number of amides is 1. The molecule has 0 atom stereocenters. The van der Waals surface area contributed by atoms with Crippen LogP contribution in [0.25, 0.3) is 0 Å². The number of rotatable bonds is 6. The molecule has 0 bridgehead atoms. The Hall–Kier alpha value is -2.15. The van der Waals surface area contributed by atoms with Crippen molar-refractivity contribution >= 4 is 22.4 Å². The number of nitrogens with zero attached hydrogens (tertiary/aromatic N) is 2. The SMILES string of the molecule is COc1ccccc1OCCc1nnc(NC(C)=O)s1. The molecule has 6 nitrogen and oxygen atoms in total. The highest BCUT2D eigenvalue weighted by molar-refractivity contribution is 7.15. The van der Waals surface area contributed by atoms with Crippen LogP contribution in [0.3, 0.4) is 0 Å². The van der Waals surface area contributed by atoms with E-state index >= 15 is 0 Å². The second kappa shape index (κ2) is 6.85. The van der Waals surface area contributed by atoms with E-state index < -0.39 is 0 Å². The third-order valence-electron chi connectivity index (χ3n) is 2.39. The first-order valence-electron chi connectivity index (χ1n) is 6.05. The van der Waals surface area contributed by atoms with Crippen LogP contribution in [-0.4, -0.2) is 29.8 Å². The number of hydrogen-bond donors (Lipinski definition) is 1. The fourth-order valence-electron chi connectivity index (χ4n) is 1.54. The van der Waals surface area contributed by atoms with E-state index in [-0.39, 0.29) is 5.91 Å². The highest BCUT2D eigenvalue weighted by atomic mass is 32.1. The normalized spacial score (nSPS) is 10.1. The molecule has 0 spiro atoms. The molecule has 1 aromatic heterocycles. The molecule has 0 unspecified atom stereocenters. The quantitative estimate of drug-likeness (QED) is 0.883. The number of aromatic nitrogens is 2. The van der Waals surface area contributed by atoms with E-state index in [2.05, 4.69) is 15.5 Å². The molecule has 1 heterocycles. The van der Waals surface area contributed by atoms with Crippen LogP contribution in [-0.2, 0) is 11.2 Å². The van der Waals surface area contributed by atoms with Gasteiger partial charge in [0, 0.05) is 13.3 Å². The van der Waals surface area contributed by atoms with E-state index in [1.165, 1.54) is 18.3 Å². The third-order valence-corrected chi connectivity index (χ3v) is 3.29. The number of benzene rings is 1. The Morgan fingerprint density at radius 2 is 2.05 bits per heavy atom. The second-order valence-corrected chi connectivity index (χ2v) is 4.99. The number of para-hydroxylation sites is 2. The summed E-state index contributed by atoms with van der Waals surface area (Å²) in [5.41, 5.74) is 0. The van der Waals surface area contributed by atoms with Crippen molar-refractivity contribution in [3.05, 3.63) is 29.3 Å². The molecule has 0 aliphatic carbocycles. The second-order valence-electron chi connectivity index (χ2n) is 3.93. The molecule has 0 saturated heterocycles. The molecule has 1 aromatic carbocycles. The summed E-state index contributed by atoms with van der Waals surface area (Å²) in [5, 5.41) is 11.8. The van der Waals surface area contributed by atoms with E-state index in [4.69, 9.17) is 9.47 Å². The van der Waals surface area contributed by atoms with Crippen LogP contribution in [0.2, 0.25) is 0 Å². The van der Waals surface area contributed by atoms with E-state index in [1.807, 2.05) is 24.3 Å². The van der Waals surface area contributed by atoms with Gasteiger partial charge in [0.05, 0.1) is 13.7 Å². The van der Waals surface area contributed by atoms with Crippen LogP contribution in [0.4, 0.5) is 5.13 Å². The summed E-state index contributed by atoms with van der Waals surface area (Å²) in [7, 11) is 1.60. The van der Waals surface area contributed by atoms with Crippen molar-refractivity contribution in [1.29, 1.82) is 0 Å². The van der Waals surface area contributed by atoms with Crippen LogP contribution in [0.1, 0.15) is 11.9 Å². The summed E-state index contributed by atoms with van der Waals surface area (Å²) in [5.74, 6) is 1.24. The van der Waals surface area contributed by atoms with Gasteiger partial charge in [-0.05, 0) is 12.1 Å². The Morgan fingerprint density at radius 1 is 1.30 bits per heavy atom. The third kappa shape index (κ3) is 3.92.